The third-order valence-electron chi connectivity index (χ3n) is 5.89. The molecule has 2 aliphatic carbocycles. The van der Waals surface area contributed by atoms with E-state index in [9.17, 15) is 9.18 Å². The van der Waals surface area contributed by atoms with Crippen molar-refractivity contribution in [3.05, 3.63) is 64.4 Å². The summed E-state index contributed by atoms with van der Waals surface area (Å²) in [5.74, 6) is 0.260. The first-order valence-electron chi connectivity index (χ1n) is 10.6. The van der Waals surface area contributed by atoms with E-state index < -0.39 is 6.16 Å². The van der Waals surface area contributed by atoms with Crippen LogP contribution in [0.1, 0.15) is 55.6 Å². The van der Waals surface area contributed by atoms with Crippen LogP contribution in [0.15, 0.2) is 42.5 Å². The summed E-state index contributed by atoms with van der Waals surface area (Å²) < 4.78 is 14.3. The lowest BCUT2D eigenvalue weighted by molar-refractivity contribution is -0.118. The van der Waals surface area contributed by atoms with Gasteiger partial charge in [-0.15, -0.1) is 0 Å². The first-order chi connectivity index (χ1) is 14.8. The molecule has 0 spiro atoms. The lowest BCUT2D eigenvalue weighted by atomic mass is 9.84. The van der Waals surface area contributed by atoms with Crippen molar-refractivity contribution < 1.29 is 24.2 Å². The fourth-order valence-corrected chi connectivity index (χ4v) is 4.39. The Balaban J connectivity index is 0.000000628. The molecule has 1 atom stereocenters. The van der Waals surface area contributed by atoms with Crippen molar-refractivity contribution in [1.29, 1.82) is 0 Å². The average molecular weight is 448 g/mol. The zero-order valence-corrected chi connectivity index (χ0v) is 17.9. The summed E-state index contributed by atoms with van der Waals surface area (Å²) in [4.78, 5) is 21.7. The normalized spacial score (nSPS) is 16.8. The Morgan fingerprint density at radius 3 is 2.23 bits per heavy atom. The predicted molar refractivity (Wildman–Crippen MR) is 118 cm³/mol. The number of nitrogens with one attached hydrogen (secondary N) is 1. The Morgan fingerprint density at radius 1 is 1.03 bits per heavy atom. The quantitative estimate of drug-likeness (QED) is 0.467. The summed E-state index contributed by atoms with van der Waals surface area (Å²) in [6, 6.07) is 12.6. The molecule has 31 heavy (non-hydrogen) atoms. The molecule has 0 radical (unpaired) electrons. The average Bonchev–Trinajstić information content (AvgIpc) is 3.36. The molecule has 0 unspecified atom stereocenters. The van der Waals surface area contributed by atoms with E-state index in [0.29, 0.717) is 16.6 Å². The third-order valence-corrected chi connectivity index (χ3v) is 6.14. The van der Waals surface area contributed by atoms with E-state index in [1.165, 1.54) is 18.9 Å². The highest BCUT2D eigenvalue weighted by molar-refractivity contribution is 6.30. The van der Waals surface area contributed by atoms with Gasteiger partial charge in [-0.3, -0.25) is 4.79 Å². The van der Waals surface area contributed by atoms with Crippen molar-refractivity contribution in [2.24, 2.45) is 11.8 Å². The number of rotatable bonds is 6. The SMILES string of the molecule is O=C(Nc1cc(CC2CC2)ccc1F)[C@@H](c1ccc(Cl)cc1)C1CCCC1.O=C(O)O. The number of hydrogen-bond acceptors (Lipinski definition) is 2. The Hall–Kier alpha value is -2.60. The summed E-state index contributed by atoms with van der Waals surface area (Å²) in [6.07, 6.45) is 5.99. The molecule has 2 saturated carbocycles. The van der Waals surface area contributed by atoms with E-state index in [1.54, 1.807) is 6.07 Å². The third kappa shape index (κ3) is 6.96. The molecule has 0 aromatic heterocycles. The molecule has 0 heterocycles. The van der Waals surface area contributed by atoms with E-state index in [2.05, 4.69) is 5.32 Å². The highest BCUT2D eigenvalue weighted by atomic mass is 35.5. The maximum Gasteiger partial charge on any atom is 0.503 e. The Kier molecular flexibility index (Phi) is 7.91. The lowest BCUT2D eigenvalue weighted by Gasteiger charge is -2.23. The molecular formula is C24H27ClFNO4. The van der Waals surface area contributed by atoms with Crippen LogP contribution in [0.5, 0.6) is 0 Å². The van der Waals surface area contributed by atoms with E-state index in [4.69, 9.17) is 26.6 Å². The fourth-order valence-electron chi connectivity index (χ4n) is 4.26. The van der Waals surface area contributed by atoms with Gasteiger partial charge in [-0.1, -0.05) is 42.6 Å². The fraction of sp³-hybridized carbons (Fsp3) is 0.417. The molecule has 2 aromatic carbocycles. The van der Waals surface area contributed by atoms with Crippen molar-refractivity contribution in [3.63, 3.8) is 0 Å². The van der Waals surface area contributed by atoms with Gasteiger partial charge in [0, 0.05) is 5.02 Å². The minimum atomic E-state index is -1.83. The second kappa shape index (κ2) is 10.6. The zero-order valence-electron chi connectivity index (χ0n) is 17.2. The van der Waals surface area contributed by atoms with Crippen LogP contribution in [0, 0.1) is 17.7 Å². The second-order valence-electron chi connectivity index (χ2n) is 8.31. The summed E-state index contributed by atoms with van der Waals surface area (Å²) in [6.45, 7) is 0. The minimum absolute atomic E-state index is 0.119. The summed E-state index contributed by atoms with van der Waals surface area (Å²) in [5, 5.41) is 17.5. The molecule has 7 heteroatoms. The van der Waals surface area contributed by atoms with Gasteiger partial charge in [0.05, 0.1) is 11.6 Å². The van der Waals surface area contributed by atoms with E-state index in [1.807, 2.05) is 30.3 Å². The molecule has 5 nitrogen and oxygen atoms in total. The highest BCUT2D eigenvalue weighted by Crippen LogP contribution is 2.39. The predicted octanol–water partition coefficient (Wildman–Crippen LogP) is 6.57. The Bertz CT molecular complexity index is 904. The number of hydrogen-bond donors (Lipinski definition) is 3. The standard InChI is InChI=1S/C23H25ClFNO.CH2O3/c24-19-10-8-18(9-11-19)22(17-3-1-2-4-17)23(27)26-21-14-16(7-12-20(21)25)13-15-5-6-15;2-1(3)4/h7-12,14-15,17,22H,1-6,13H2,(H,26,27);(H2,2,3,4)/t22-;/m1./s1. The van der Waals surface area contributed by atoms with Crippen molar-refractivity contribution in [3.8, 4) is 0 Å². The number of anilines is 1. The van der Waals surface area contributed by atoms with E-state index in [-0.39, 0.29) is 17.6 Å². The lowest BCUT2D eigenvalue weighted by Crippen LogP contribution is -2.27. The number of carbonyl (C=O) groups is 2. The van der Waals surface area contributed by atoms with Gasteiger partial charge in [0.25, 0.3) is 0 Å². The first-order valence-corrected chi connectivity index (χ1v) is 11.0. The largest absolute Gasteiger partial charge is 0.503 e. The number of carboxylic acid groups (broad SMARTS) is 2. The maximum atomic E-state index is 14.3. The van der Waals surface area contributed by atoms with Gasteiger partial charge in [-0.2, -0.15) is 0 Å². The van der Waals surface area contributed by atoms with E-state index in [0.717, 1.165) is 49.1 Å². The van der Waals surface area contributed by atoms with Crippen LogP contribution in [0.3, 0.4) is 0 Å². The summed E-state index contributed by atoms with van der Waals surface area (Å²) in [5.41, 5.74) is 2.35. The van der Waals surface area contributed by atoms with Crippen LogP contribution in [0.2, 0.25) is 5.02 Å². The molecule has 0 aliphatic heterocycles. The number of carbonyl (C=O) groups excluding carboxylic acids is 1. The Morgan fingerprint density at radius 2 is 1.65 bits per heavy atom. The van der Waals surface area contributed by atoms with Crippen molar-refractivity contribution >= 4 is 29.4 Å². The smallest absolute Gasteiger partial charge is 0.450 e. The Labute approximate surface area is 186 Å². The maximum absolute atomic E-state index is 14.3. The molecule has 166 valence electrons. The van der Waals surface area contributed by atoms with Crippen LogP contribution in [0.4, 0.5) is 14.9 Å². The van der Waals surface area contributed by atoms with Gasteiger partial charge in [0.2, 0.25) is 5.91 Å². The first kappa shape index (κ1) is 23.1. The summed E-state index contributed by atoms with van der Waals surface area (Å²) >= 11 is 6.02. The van der Waals surface area contributed by atoms with Crippen molar-refractivity contribution in [2.45, 2.75) is 50.9 Å². The molecule has 2 aliphatic rings. The van der Waals surface area contributed by atoms with Gasteiger partial charge in [-0.25, -0.2) is 9.18 Å². The molecule has 2 fully saturated rings. The molecule has 2 aromatic rings. The number of amides is 1. The van der Waals surface area contributed by atoms with Crippen LogP contribution in [0.25, 0.3) is 0 Å². The highest BCUT2D eigenvalue weighted by Gasteiger charge is 2.32. The second-order valence-corrected chi connectivity index (χ2v) is 8.74. The molecule has 1 amide bonds. The molecule has 0 bridgehead atoms. The van der Waals surface area contributed by atoms with Crippen molar-refractivity contribution in [1.82, 2.24) is 0 Å². The van der Waals surface area contributed by atoms with E-state index >= 15 is 0 Å². The van der Waals surface area contributed by atoms with Gasteiger partial charge in [0.1, 0.15) is 5.82 Å². The molecule has 3 N–H and O–H groups in total. The van der Waals surface area contributed by atoms with Gasteiger partial charge in [0.15, 0.2) is 0 Å². The van der Waals surface area contributed by atoms with Crippen LogP contribution in [-0.2, 0) is 11.2 Å². The molecule has 0 saturated heterocycles. The van der Waals surface area contributed by atoms with Gasteiger partial charge in [-0.05, 0) is 79.3 Å². The monoisotopic (exact) mass is 447 g/mol. The molecular weight excluding hydrogens is 421 g/mol. The van der Waals surface area contributed by atoms with Crippen molar-refractivity contribution in [2.75, 3.05) is 5.32 Å². The minimum Gasteiger partial charge on any atom is -0.450 e. The van der Waals surface area contributed by atoms with Crippen LogP contribution < -0.4 is 5.32 Å². The van der Waals surface area contributed by atoms with Gasteiger partial charge >= 0.3 is 6.16 Å². The number of benzene rings is 2. The molecule has 4 rings (SSSR count). The van der Waals surface area contributed by atoms with Crippen LogP contribution >= 0.6 is 11.6 Å². The van der Waals surface area contributed by atoms with Gasteiger partial charge < -0.3 is 15.5 Å². The number of halogens is 2. The van der Waals surface area contributed by atoms with Crippen LogP contribution in [-0.4, -0.2) is 22.3 Å². The topological polar surface area (TPSA) is 86.6 Å². The summed E-state index contributed by atoms with van der Waals surface area (Å²) in [7, 11) is 0. The zero-order chi connectivity index (χ0) is 22.4.